The maximum Gasteiger partial charge on any atom is 0.262 e. The predicted molar refractivity (Wildman–Crippen MR) is 110 cm³/mol. The monoisotopic (exact) mass is 364 g/mol. The second kappa shape index (κ2) is 8.03. The molecule has 0 saturated carbocycles. The van der Waals surface area contributed by atoms with E-state index in [1.165, 1.54) is 0 Å². The van der Waals surface area contributed by atoms with Crippen LogP contribution in [0.1, 0.15) is 33.3 Å². The van der Waals surface area contributed by atoms with Gasteiger partial charge < -0.3 is 4.74 Å². The lowest BCUT2D eigenvalue weighted by Crippen LogP contribution is -2.23. The molecule has 6 nitrogen and oxygen atoms in total. The summed E-state index contributed by atoms with van der Waals surface area (Å²) < 4.78 is 7.24. The van der Waals surface area contributed by atoms with E-state index in [0.717, 1.165) is 17.0 Å². The van der Waals surface area contributed by atoms with E-state index in [1.807, 2.05) is 70.2 Å². The fourth-order valence-corrected chi connectivity index (χ4v) is 2.79. The maximum atomic E-state index is 12.6. The second-order valence-corrected chi connectivity index (χ2v) is 6.50. The van der Waals surface area contributed by atoms with E-state index in [9.17, 15) is 4.79 Å². The van der Waals surface area contributed by atoms with Crippen molar-refractivity contribution < 1.29 is 4.74 Å². The number of rotatable bonds is 6. The van der Waals surface area contributed by atoms with Crippen molar-refractivity contribution in [3.63, 3.8) is 0 Å². The second-order valence-electron chi connectivity index (χ2n) is 6.50. The average Bonchev–Trinajstić information content (AvgIpc) is 2.66. The minimum Gasteiger partial charge on any atom is -0.491 e. The third kappa shape index (κ3) is 4.16. The SMILES string of the molecule is CCn1c(N/N=C(/C)c2ccc(OC(C)C)cc2)nc2ccccc2c1=O. The van der Waals surface area contributed by atoms with Crippen LogP contribution < -0.4 is 15.7 Å². The molecule has 0 atom stereocenters. The van der Waals surface area contributed by atoms with Crippen LogP contribution >= 0.6 is 0 Å². The Kier molecular flexibility index (Phi) is 5.54. The zero-order valence-electron chi connectivity index (χ0n) is 16.1. The lowest BCUT2D eigenvalue weighted by Gasteiger charge is -2.12. The van der Waals surface area contributed by atoms with Crippen LogP contribution in [0.4, 0.5) is 5.95 Å². The molecule has 3 aromatic rings. The first kappa shape index (κ1) is 18.6. The molecule has 1 heterocycles. The molecule has 0 saturated heterocycles. The summed E-state index contributed by atoms with van der Waals surface area (Å²) in [4.78, 5) is 17.2. The largest absolute Gasteiger partial charge is 0.491 e. The van der Waals surface area contributed by atoms with Gasteiger partial charge in [-0.2, -0.15) is 5.10 Å². The van der Waals surface area contributed by atoms with E-state index >= 15 is 0 Å². The summed E-state index contributed by atoms with van der Waals surface area (Å²) in [6.45, 7) is 8.31. The average molecular weight is 364 g/mol. The number of hydrogen-bond donors (Lipinski definition) is 1. The van der Waals surface area contributed by atoms with Gasteiger partial charge in [0.1, 0.15) is 5.75 Å². The number of fused-ring (bicyclic) bond motifs is 1. The lowest BCUT2D eigenvalue weighted by atomic mass is 10.1. The van der Waals surface area contributed by atoms with Crippen molar-refractivity contribution >= 4 is 22.6 Å². The van der Waals surface area contributed by atoms with Crippen molar-refractivity contribution in [2.75, 3.05) is 5.43 Å². The van der Waals surface area contributed by atoms with Gasteiger partial charge in [0.25, 0.3) is 5.56 Å². The summed E-state index contributed by atoms with van der Waals surface area (Å²) in [6.07, 6.45) is 0.136. The smallest absolute Gasteiger partial charge is 0.262 e. The summed E-state index contributed by atoms with van der Waals surface area (Å²) in [6, 6.07) is 15.1. The number of hydrogen-bond acceptors (Lipinski definition) is 5. The van der Waals surface area contributed by atoms with Gasteiger partial charge in [-0.25, -0.2) is 10.4 Å². The lowest BCUT2D eigenvalue weighted by molar-refractivity contribution is 0.242. The van der Waals surface area contributed by atoms with Gasteiger partial charge >= 0.3 is 0 Å². The van der Waals surface area contributed by atoms with Gasteiger partial charge in [-0.3, -0.25) is 9.36 Å². The molecule has 0 unspecified atom stereocenters. The first-order valence-electron chi connectivity index (χ1n) is 9.06. The molecule has 140 valence electrons. The number of nitrogens with zero attached hydrogens (tertiary/aromatic N) is 3. The van der Waals surface area contributed by atoms with Crippen LogP contribution in [0.5, 0.6) is 5.75 Å². The van der Waals surface area contributed by atoms with Crippen LogP contribution in [0, 0.1) is 0 Å². The van der Waals surface area contributed by atoms with E-state index in [1.54, 1.807) is 10.6 Å². The Bertz CT molecular complexity index is 1020. The van der Waals surface area contributed by atoms with E-state index in [0.29, 0.717) is 23.4 Å². The van der Waals surface area contributed by atoms with Gasteiger partial charge in [0.05, 0.1) is 22.7 Å². The number of ether oxygens (including phenoxy) is 1. The van der Waals surface area contributed by atoms with Gasteiger partial charge in [-0.1, -0.05) is 12.1 Å². The fraction of sp³-hybridized carbons (Fsp3) is 0.286. The summed E-state index contributed by atoms with van der Waals surface area (Å²) in [5.74, 6) is 1.26. The molecule has 27 heavy (non-hydrogen) atoms. The van der Waals surface area contributed by atoms with Crippen molar-refractivity contribution in [3.05, 3.63) is 64.4 Å². The highest BCUT2D eigenvalue weighted by Gasteiger charge is 2.09. The number of nitrogens with one attached hydrogen (secondary N) is 1. The molecule has 0 bridgehead atoms. The molecule has 1 N–H and O–H groups in total. The Hall–Kier alpha value is -3.15. The van der Waals surface area contributed by atoms with Gasteiger partial charge in [0, 0.05) is 6.54 Å². The van der Waals surface area contributed by atoms with Crippen LogP contribution in [-0.4, -0.2) is 21.4 Å². The van der Waals surface area contributed by atoms with Crippen LogP contribution in [0.2, 0.25) is 0 Å². The fourth-order valence-electron chi connectivity index (χ4n) is 2.79. The molecular formula is C21H24N4O2. The Labute approximate surface area is 158 Å². The van der Waals surface area contributed by atoms with Gasteiger partial charge in [0.15, 0.2) is 0 Å². The van der Waals surface area contributed by atoms with Gasteiger partial charge in [-0.15, -0.1) is 0 Å². The van der Waals surface area contributed by atoms with Crippen LogP contribution in [0.3, 0.4) is 0 Å². The summed E-state index contributed by atoms with van der Waals surface area (Å²) in [7, 11) is 0. The first-order chi connectivity index (χ1) is 13.0. The van der Waals surface area contributed by atoms with E-state index < -0.39 is 0 Å². The number of hydrazone groups is 1. The van der Waals surface area contributed by atoms with Crippen molar-refractivity contribution in [2.45, 2.75) is 40.3 Å². The van der Waals surface area contributed by atoms with Crippen LogP contribution in [0.15, 0.2) is 58.4 Å². The normalized spacial score (nSPS) is 11.8. The molecule has 3 rings (SSSR count). The number of anilines is 1. The highest BCUT2D eigenvalue weighted by atomic mass is 16.5. The van der Waals surface area contributed by atoms with Crippen LogP contribution in [-0.2, 0) is 6.54 Å². The summed E-state index contributed by atoms with van der Waals surface area (Å²) >= 11 is 0. The van der Waals surface area contributed by atoms with E-state index in [-0.39, 0.29) is 11.7 Å². The minimum atomic E-state index is -0.0753. The third-order valence-corrected chi connectivity index (χ3v) is 4.15. The Morgan fingerprint density at radius 1 is 1.19 bits per heavy atom. The third-order valence-electron chi connectivity index (χ3n) is 4.15. The Morgan fingerprint density at radius 3 is 2.56 bits per heavy atom. The molecule has 2 aromatic carbocycles. The molecule has 0 aliphatic carbocycles. The maximum absolute atomic E-state index is 12.6. The standard InChI is InChI=1S/C21H24N4O2/c1-5-25-20(26)18-8-6-7-9-19(18)22-21(25)24-23-15(4)16-10-12-17(13-11-16)27-14(2)3/h6-14H,5H2,1-4H3,(H,22,24)/b23-15-. The molecule has 6 heteroatoms. The molecule has 0 aliphatic heterocycles. The number of para-hydroxylation sites is 1. The zero-order valence-corrected chi connectivity index (χ0v) is 16.1. The molecular weight excluding hydrogens is 340 g/mol. The highest BCUT2D eigenvalue weighted by Crippen LogP contribution is 2.15. The topological polar surface area (TPSA) is 68.5 Å². The number of aromatic nitrogens is 2. The van der Waals surface area contributed by atoms with Gasteiger partial charge in [0.2, 0.25) is 5.95 Å². The van der Waals surface area contributed by atoms with Crippen molar-refractivity contribution in [1.29, 1.82) is 0 Å². The quantitative estimate of drug-likeness (QED) is 0.529. The number of benzene rings is 2. The summed E-state index contributed by atoms with van der Waals surface area (Å²) in [5, 5.41) is 5.02. The van der Waals surface area contributed by atoms with Crippen molar-refractivity contribution in [3.8, 4) is 5.75 Å². The molecule has 0 spiro atoms. The molecule has 0 fully saturated rings. The van der Waals surface area contributed by atoms with Crippen LogP contribution in [0.25, 0.3) is 10.9 Å². The molecule has 0 amide bonds. The molecule has 1 aromatic heterocycles. The minimum absolute atomic E-state index is 0.0753. The van der Waals surface area contributed by atoms with Gasteiger partial charge in [-0.05, 0) is 69.7 Å². The molecule has 0 radical (unpaired) electrons. The first-order valence-corrected chi connectivity index (χ1v) is 9.06. The Morgan fingerprint density at radius 2 is 1.89 bits per heavy atom. The Balaban J connectivity index is 1.87. The highest BCUT2D eigenvalue weighted by molar-refractivity contribution is 5.99. The van der Waals surface area contributed by atoms with Crippen molar-refractivity contribution in [1.82, 2.24) is 9.55 Å². The molecule has 0 aliphatic rings. The predicted octanol–water partition coefficient (Wildman–Crippen LogP) is 4.04. The van der Waals surface area contributed by atoms with Crippen molar-refractivity contribution in [2.24, 2.45) is 5.10 Å². The zero-order chi connectivity index (χ0) is 19.4. The van der Waals surface area contributed by atoms with E-state index in [2.05, 4.69) is 15.5 Å². The van der Waals surface area contributed by atoms with E-state index in [4.69, 9.17) is 4.74 Å². The summed E-state index contributed by atoms with van der Waals surface area (Å²) in [5.41, 5.74) is 5.28.